The Bertz CT molecular complexity index is 223. The third-order valence-electron chi connectivity index (χ3n) is 2.48. The van der Waals surface area contributed by atoms with Crippen molar-refractivity contribution in [1.82, 2.24) is 5.32 Å². The van der Waals surface area contributed by atoms with E-state index in [2.05, 4.69) is 5.32 Å². The van der Waals surface area contributed by atoms with Crippen LogP contribution in [0.4, 0.5) is 0 Å². The maximum absolute atomic E-state index is 11.1. The Labute approximate surface area is 87.9 Å². The van der Waals surface area contributed by atoms with Gasteiger partial charge < -0.3 is 25.4 Å². The molecule has 1 saturated heterocycles. The number of likely N-dealkylation sites (N-methyl/N-ethyl adjacent to an activating group) is 1. The number of aliphatic hydroxyl groups excluding tert-OH is 3. The molecule has 0 aliphatic carbocycles. The van der Waals surface area contributed by atoms with Gasteiger partial charge in [0.2, 0.25) is 0 Å². The van der Waals surface area contributed by atoms with E-state index in [4.69, 9.17) is 9.84 Å². The minimum atomic E-state index is -1.31. The van der Waals surface area contributed by atoms with Gasteiger partial charge in [-0.05, 0) is 0 Å². The first kappa shape index (κ1) is 12.4. The van der Waals surface area contributed by atoms with Crippen molar-refractivity contribution in [3.63, 3.8) is 0 Å². The lowest BCUT2D eigenvalue weighted by molar-refractivity contribution is -0.162. The summed E-state index contributed by atoms with van der Waals surface area (Å²) in [5.41, 5.74) is 0. The van der Waals surface area contributed by atoms with Crippen LogP contribution in [0, 0.1) is 0 Å². The maximum atomic E-state index is 11.1. The minimum Gasteiger partial charge on any atom is -0.394 e. The lowest BCUT2D eigenvalue weighted by Gasteiger charge is -2.34. The zero-order valence-corrected chi connectivity index (χ0v) is 8.59. The number of amides is 1. The van der Waals surface area contributed by atoms with Gasteiger partial charge in [0.25, 0.3) is 5.91 Å². The van der Waals surface area contributed by atoms with E-state index in [1.165, 1.54) is 7.05 Å². The van der Waals surface area contributed by atoms with E-state index < -0.39 is 30.3 Å². The van der Waals surface area contributed by atoms with Crippen LogP contribution >= 0.6 is 0 Å². The van der Waals surface area contributed by atoms with Gasteiger partial charge >= 0.3 is 0 Å². The van der Waals surface area contributed by atoms with Crippen molar-refractivity contribution in [2.45, 2.75) is 37.3 Å². The molecule has 1 amide bonds. The van der Waals surface area contributed by atoms with Gasteiger partial charge in [-0.1, -0.05) is 0 Å². The number of carbonyl (C=O) groups excluding carboxylic acids is 1. The van der Waals surface area contributed by atoms with Crippen LogP contribution in [0.3, 0.4) is 0 Å². The van der Waals surface area contributed by atoms with Crippen molar-refractivity contribution < 1.29 is 24.9 Å². The molecule has 6 nitrogen and oxygen atoms in total. The van der Waals surface area contributed by atoms with Crippen molar-refractivity contribution in [1.29, 1.82) is 0 Å². The highest BCUT2D eigenvalue weighted by Crippen LogP contribution is 2.21. The summed E-state index contributed by atoms with van der Waals surface area (Å²) in [6.45, 7) is -0.228. The number of ether oxygens (including phenoxy) is 1. The zero-order valence-electron chi connectivity index (χ0n) is 8.59. The van der Waals surface area contributed by atoms with Gasteiger partial charge in [0, 0.05) is 19.9 Å². The molecule has 4 N–H and O–H groups in total. The second-order valence-corrected chi connectivity index (χ2v) is 3.66. The lowest BCUT2D eigenvalue weighted by Crippen LogP contribution is -2.48. The van der Waals surface area contributed by atoms with Crippen molar-refractivity contribution in [3.05, 3.63) is 0 Å². The highest BCUT2D eigenvalue weighted by molar-refractivity contribution is 5.80. The quantitative estimate of drug-likeness (QED) is 0.440. The van der Waals surface area contributed by atoms with Gasteiger partial charge in [-0.25, -0.2) is 0 Å². The van der Waals surface area contributed by atoms with Crippen molar-refractivity contribution in [2.24, 2.45) is 0 Å². The van der Waals surface area contributed by atoms with E-state index in [-0.39, 0.29) is 13.0 Å². The molecule has 1 rings (SSSR count). The van der Waals surface area contributed by atoms with E-state index in [9.17, 15) is 15.0 Å². The summed E-state index contributed by atoms with van der Waals surface area (Å²) in [7, 11) is 1.41. The number of hydrogen-bond acceptors (Lipinski definition) is 5. The van der Waals surface area contributed by atoms with Gasteiger partial charge in [0.15, 0.2) is 6.10 Å². The number of nitrogens with one attached hydrogen (secondary N) is 1. The minimum absolute atomic E-state index is 0.199. The first-order chi connectivity index (χ1) is 7.08. The third-order valence-corrected chi connectivity index (χ3v) is 2.48. The van der Waals surface area contributed by atoms with Crippen LogP contribution in [0.15, 0.2) is 0 Å². The summed E-state index contributed by atoms with van der Waals surface area (Å²) >= 11 is 0. The van der Waals surface area contributed by atoms with E-state index in [0.717, 1.165) is 0 Å². The lowest BCUT2D eigenvalue weighted by atomic mass is 9.97. The standard InChI is InChI=1S/C9H17NO5/c1-10-9(14)8(13)7-3-5(12)2-6(4-11)15-7/h5-8,11-13H,2-4H2,1H3,(H,10,14). The molecule has 0 aromatic heterocycles. The summed E-state index contributed by atoms with van der Waals surface area (Å²) in [6, 6.07) is 0. The average Bonchev–Trinajstić information content (AvgIpc) is 2.26. The van der Waals surface area contributed by atoms with Crippen LogP contribution in [-0.2, 0) is 9.53 Å². The molecule has 4 atom stereocenters. The summed E-state index contributed by atoms with van der Waals surface area (Å²) < 4.78 is 5.27. The molecule has 6 heteroatoms. The second kappa shape index (κ2) is 5.41. The third kappa shape index (κ3) is 3.13. The van der Waals surface area contributed by atoms with Gasteiger partial charge in [-0.3, -0.25) is 4.79 Å². The Morgan fingerprint density at radius 1 is 1.60 bits per heavy atom. The number of hydrogen-bond donors (Lipinski definition) is 4. The fraction of sp³-hybridized carbons (Fsp3) is 0.889. The topological polar surface area (TPSA) is 99.0 Å². The first-order valence-electron chi connectivity index (χ1n) is 4.92. The summed E-state index contributed by atoms with van der Waals surface area (Å²) in [6.07, 6.45) is -2.71. The highest BCUT2D eigenvalue weighted by atomic mass is 16.5. The maximum Gasteiger partial charge on any atom is 0.251 e. The number of aliphatic hydroxyl groups is 3. The predicted octanol–water partition coefficient (Wildman–Crippen LogP) is -2.01. The zero-order chi connectivity index (χ0) is 11.4. The predicted molar refractivity (Wildman–Crippen MR) is 51.1 cm³/mol. The molecule has 88 valence electrons. The summed E-state index contributed by atoms with van der Waals surface area (Å²) in [5, 5.41) is 30.2. The number of rotatable bonds is 3. The molecule has 1 fully saturated rings. The van der Waals surface area contributed by atoms with Crippen molar-refractivity contribution in [3.8, 4) is 0 Å². The fourth-order valence-electron chi connectivity index (χ4n) is 1.66. The van der Waals surface area contributed by atoms with Crippen LogP contribution in [0.1, 0.15) is 12.8 Å². The molecule has 1 heterocycles. The molecule has 0 aromatic rings. The van der Waals surface area contributed by atoms with Crippen LogP contribution in [0.25, 0.3) is 0 Å². The first-order valence-corrected chi connectivity index (χ1v) is 4.92. The highest BCUT2D eigenvalue weighted by Gasteiger charge is 2.35. The molecule has 0 spiro atoms. The van der Waals surface area contributed by atoms with Crippen LogP contribution in [0.2, 0.25) is 0 Å². The van der Waals surface area contributed by atoms with Crippen molar-refractivity contribution in [2.75, 3.05) is 13.7 Å². The number of carbonyl (C=O) groups is 1. The van der Waals surface area contributed by atoms with Crippen LogP contribution < -0.4 is 5.32 Å². The molecule has 1 aliphatic rings. The SMILES string of the molecule is CNC(=O)C(O)C1CC(O)CC(CO)O1. The molecule has 1 aliphatic heterocycles. The monoisotopic (exact) mass is 219 g/mol. The molecular formula is C9H17NO5. The van der Waals surface area contributed by atoms with Crippen LogP contribution in [0.5, 0.6) is 0 Å². The molecule has 15 heavy (non-hydrogen) atoms. The van der Waals surface area contributed by atoms with E-state index >= 15 is 0 Å². The normalized spacial score (nSPS) is 33.5. The largest absolute Gasteiger partial charge is 0.394 e. The Morgan fingerprint density at radius 2 is 2.27 bits per heavy atom. The Hall–Kier alpha value is -0.690. The van der Waals surface area contributed by atoms with E-state index in [1.54, 1.807) is 0 Å². The van der Waals surface area contributed by atoms with Crippen molar-refractivity contribution >= 4 is 5.91 Å². The Morgan fingerprint density at radius 3 is 2.80 bits per heavy atom. The molecule has 0 aromatic carbocycles. The fourth-order valence-corrected chi connectivity index (χ4v) is 1.66. The summed E-state index contributed by atoms with van der Waals surface area (Å²) in [5.74, 6) is -0.550. The average molecular weight is 219 g/mol. The Kier molecular flexibility index (Phi) is 4.46. The molecular weight excluding hydrogens is 202 g/mol. The van der Waals surface area contributed by atoms with Gasteiger partial charge in [0.1, 0.15) is 0 Å². The summed E-state index contributed by atoms with van der Waals surface area (Å²) in [4.78, 5) is 11.1. The van der Waals surface area contributed by atoms with Crippen LogP contribution in [-0.4, -0.2) is 59.3 Å². The second-order valence-electron chi connectivity index (χ2n) is 3.66. The van der Waals surface area contributed by atoms with Gasteiger partial charge in [-0.15, -0.1) is 0 Å². The smallest absolute Gasteiger partial charge is 0.251 e. The molecule has 0 saturated carbocycles. The van der Waals surface area contributed by atoms with Gasteiger partial charge in [-0.2, -0.15) is 0 Å². The van der Waals surface area contributed by atoms with E-state index in [0.29, 0.717) is 6.42 Å². The molecule has 0 bridgehead atoms. The van der Waals surface area contributed by atoms with Gasteiger partial charge in [0.05, 0.1) is 24.9 Å². The molecule has 0 radical (unpaired) electrons. The Balaban J connectivity index is 2.57. The van der Waals surface area contributed by atoms with E-state index in [1.807, 2.05) is 0 Å². The molecule has 4 unspecified atom stereocenters.